The van der Waals surface area contributed by atoms with Gasteiger partial charge in [0.15, 0.2) is 12.4 Å². The number of aliphatic hydroxyl groups excluding tert-OH is 5. The molecule has 1 fully saturated rings. The lowest BCUT2D eigenvalue weighted by Gasteiger charge is -2.41. The summed E-state index contributed by atoms with van der Waals surface area (Å²) in [4.78, 5) is 22.0. The molecule has 24 heavy (non-hydrogen) atoms. The summed E-state index contributed by atoms with van der Waals surface area (Å²) in [6.07, 6.45) is -14.3. The Kier molecular flexibility index (Phi) is 5.39. The van der Waals surface area contributed by atoms with Crippen LogP contribution in [0.1, 0.15) is 0 Å². The van der Waals surface area contributed by atoms with Crippen molar-refractivity contribution in [3.8, 4) is 0 Å². The van der Waals surface area contributed by atoms with E-state index in [1.54, 1.807) is 0 Å². The van der Waals surface area contributed by atoms with E-state index >= 15 is 0 Å². The highest BCUT2D eigenvalue weighted by atomic mass is 16.7. The number of hydrogen-bond acceptors (Lipinski definition) is 10. The molecule has 0 spiro atoms. The Bertz CT molecular complexity index is 532. The zero-order chi connectivity index (χ0) is 18.2. The number of carboxylic acid groups (broad SMARTS) is 2. The number of aliphatic hydroxyl groups is 5. The van der Waals surface area contributed by atoms with Crippen molar-refractivity contribution in [1.82, 2.24) is 0 Å². The van der Waals surface area contributed by atoms with Crippen LogP contribution in [0.15, 0.2) is 11.8 Å². The fraction of sp³-hybridized carbons (Fsp3) is 0.667. The van der Waals surface area contributed by atoms with Crippen molar-refractivity contribution in [1.29, 1.82) is 0 Å². The van der Waals surface area contributed by atoms with Crippen molar-refractivity contribution in [2.24, 2.45) is 0 Å². The number of carbonyl (C=O) groups is 2. The lowest BCUT2D eigenvalue weighted by atomic mass is 9.98. The standard InChI is InChI=1S/C12H16O12/c13-2-1-3(9(17)18)22-12(4(2)14)24-7-5(15)6(16)11(21)23-8(7)10(19)20/h1-2,4-8,11-16,21H,(H,17,18)(H,19,20)/t2-,4+,5+,6+,7+,8-,11+,12-/m0/s1. The van der Waals surface area contributed by atoms with E-state index < -0.39 is 66.9 Å². The van der Waals surface area contributed by atoms with Crippen LogP contribution in [-0.4, -0.2) is 96.9 Å². The van der Waals surface area contributed by atoms with Crippen molar-refractivity contribution in [3.63, 3.8) is 0 Å². The van der Waals surface area contributed by atoms with Gasteiger partial charge in [0, 0.05) is 0 Å². The minimum absolute atomic E-state index is 0.702. The summed E-state index contributed by atoms with van der Waals surface area (Å²) in [5.41, 5.74) is 0. The predicted molar refractivity (Wildman–Crippen MR) is 68.0 cm³/mol. The van der Waals surface area contributed by atoms with E-state index in [0.29, 0.717) is 6.08 Å². The molecule has 0 unspecified atom stereocenters. The highest BCUT2D eigenvalue weighted by molar-refractivity contribution is 5.84. The van der Waals surface area contributed by atoms with Gasteiger partial charge in [0.25, 0.3) is 0 Å². The van der Waals surface area contributed by atoms with E-state index in [4.69, 9.17) is 19.7 Å². The van der Waals surface area contributed by atoms with Gasteiger partial charge in [-0.05, 0) is 6.08 Å². The second-order valence-corrected chi connectivity index (χ2v) is 5.17. The number of carboxylic acids is 2. The molecule has 2 rings (SSSR count). The average molecular weight is 352 g/mol. The maximum atomic E-state index is 11.2. The molecule has 2 aliphatic heterocycles. The Hall–Kier alpha value is -1.80. The zero-order valence-electron chi connectivity index (χ0n) is 11.9. The maximum absolute atomic E-state index is 11.2. The van der Waals surface area contributed by atoms with Crippen LogP contribution in [-0.2, 0) is 23.8 Å². The maximum Gasteiger partial charge on any atom is 0.371 e. The molecular formula is C12H16O12. The second kappa shape index (κ2) is 6.98. The van der Waals surface area contributed by atoms with E-state index in [0.717, 1.165) is 0 Å². The van der Waals surface area contributed by atoms with Gasteiger partial charge in [-0.25, -0.2) is 9.59 Å². The van der Waals surface area contributed by atoms with Crippen LogP contribution in [0.25, 0.3) is 0 Å². The normalized spacial score (nSPS) is 42.8. The Morgan fingerprint density at radius 2 is 1.62 bits per heavy atom. The molecule has 8 atom stereocenters. The van der Waals surface area contributed by atoms with Gasteiger partial charge in [-0.1, -0.05) is 0 Å². The molecule has 0 bridgehead atoms. The molecule has 0 aromatic carbocycles. The average Bonchev–Trinajstić information content (AvgIpc) is 2.51. The first-order chi connectivity index (χ1) is 11.1. The molecule has 0 aromatic rings. The van der Waals surface area contributed by atoms with Gasteiger partial charge in [-0.15, -0.1) is 0 Å². The monoisotopic (exact) mass is 352 g/mol. The Labute approximate surface area is 133 Å². The Morgan fingerprint density at radius 1 is 1.00 bits per heavy atom. The molecule has 1 saturated heterocycles. The fourth-order valence-electron chi connectivity index (χ4n) is 2.23. The van der Waals surface area contributed by atoms with Crippen molar-refractivity contribution in [2.45, 2.75) is 49.2 Å². The van der Waals surface area contributed by atoms with Gasteiger partial charge in [0.05, 0.1) is 0 Å². The summed E-state index contributed by atoms with van der Waals surface area (Å²) in [6, 6.07) is 0. The van der Waals surface area contributed by atoms with Crippen LogP contribution < -0.4 is 0 Å². The summed E-state index contributed by atoms with van der Waals surface area (Å²) in [6.45, 7) is 0. The quantitative estimate of drug-likeness (QED) is 0.258. The van der Waals surface area contributed by atoms with Crippen LogP contribution in [0.5, 0.6) is 0 Å². The van der Waals surface area contributed by atoms with E-state index in [1.165, 1.54) is 0 Å². The molecule has 0 radical (unpaired) electrons. The van der Waals surface area contributed by atoms with Gasteiger partial charge in [0.1, 0.15) is 30.5 Å². The van der Waals surface area contributed by atoms with Crippen molar-refractivity contribution in [2.75, 3.05) is 0 Å². The van der Waals surface area contributed by atoms with Gasteiger partial charge in [-0.3, -0.25) is 0 Å². The van der Waals surface area contributed by atoms with Gasteiger partial charge in [-0.2, -0.15) is 0 Å². The topological polar surface area (TPSA) is 203 Å². The lowest BCUT2D eigenvalue weighted by Crippen LogP contribution is -2.62. The minimum atomic E-state index is -2.00. The molecule has 0 saturated carbocycles. The number of hydrogen-bond donors (Lipinski definition) is 7. The predicted octanol–water partition coefficient (Wildman–Crippen LogP) is -4.06. The number of ether oxygens (including phenoxy) is 3. The summed E-state index contributed by atoms with van der Waals surface area (Å²) in [7, 11) is 0. The first-order valence-electron chi connectivity index (χ1n) is 6.69. The smallest absolute Gasteiger partial charge is 0.371 e. The molecule has 136 valence electrons. The van der Waals surface area contributed by atoms with Crippen LogP contribution in [0.4, 0.5) is 0 Å². The fourth-order valence-corrected chi connectivity index (χ4v) is 2.23. The van der Waals surface area contributed by atoms with E-state index in [2.05, 4.69) is 4.74 Å². The number of rotatable bonds is 4. The third kappa shape index (κ3) is 3.49. The third-order valence-corrected chi connectivity index (χ3v) is 3.50. The summed E-state index contributed by atoms with van der Waals surface area (Å²) < 4.78 is 14.4. The second-order valence-electron chi connectivity index (χ2n) is 5.17. The van der Waals surface area contributed by atoms with Crippen molar-refractivity contribution in [3.05, 3.63) is 11.8 Å². The summed E-state index contributed by atoms with van der Waals surface area (Å²) >= 11 is 0. The molecule has 0 aromatic heterocycles. The minimum Gasteiger partial charge on any atom is -0.479 e. The van der Waals surface area contributed by atoms with Crippen LogP contribution in [0.2, 0.25) is 0 Å². The Morgan fingerprint density at radius 3 is 2.17 bits per heavy atom. The molecular weight excluding hydrogens is 336 g/mol. The van der Waals surface area contributed by atoms with Gasteiger partial charge in [0.2, 0.25) is 12.0 Å². The highest BCUT2D eigenvalue weighted by Crippen LogP contribution is 2.27. The first kappa shape index (κ1) is 18.5. The van der Waals surface area contributed by atoms with E-state index in [9.17, 15) is 35.1 Å². The molecule has 12 heteroatoms. The number of aliphatic carboxylic acids is 2. The molecule has 2 heterocycles. The molecule has 0 amide bonds. The molecule has 2 aliphatic rings. The SMILES string of the molecule is O=C(O)C1=C[C@H](O)[C@@H](O)[C@H](O[C@@H]2[C@H](O)[C@@H](O)[C@H](O)O[C@@H]2C(=O)O)O1. The van der Waals surface area contributed by atoms with Crippen LogP contribution >= 0.6 is 0 Å². The largest absolute Gasteiger partial charge is 0.479 e. The third-order valence-electron chi connectivity index (χ3n) is 3.50. The summed E-state index contributed by atoms with van der Waals surface area (Å²) in [5, 5.41) is 66.0. The molecule has 0 aliphatic carbocycles. The van der Waals surface area contributed by atoms with E-state index in [-0.39, 0.29) is 0 Å². The lowest BCUT2D eigenvalue weighted by molar-refractivity contribution is -0.319. The zero-order valence-corrected chi connectivity index (χ0v) is 11.9. The molecule has 7 N–H and O–H groups in total. The van der Waals surface area contributed by atoms with Crippen molar-refractivity contribution >= 4 is 11.9 Å². The highest BCUT2D eigenvalue weighted by Gasteiger charge is 2.50. The van der Waals surface area contributed by atoms with Crippen LogP contribution in [0.3, 0.4) is 0 Å². The summed E-state index contributed by atoms with van der Waals surface area (Å²) in [5.74, 6) is -4.01. The first-order valence-corrected chi connectivity index (χ1v) is 6.69. The van der Waals surface area contributed by atoms with Gasteiger partial charge >= 0.3 is 11.9 Å². The Balaban J connectivity index is 2.21. The van der Waals surface area contributed by atoms with Crippen molar-refractivity contribution < 1.29 is 59.5 Å². The molecule has 12 nitrogen and oxygen atoms in total. The van der Waals surface area contributed by atoms with Gasteiger partial charge < -0.3 is 50.0 Å². The van der Waals surface area contributed by atoms with Crippen LogP contribution in [0, 0.1) is 0 Å². The van der Waals surface area contributed by atoms with E-state index in [1.807, 2.05) is 0 Å².